The van der Waals surface area contributed by atoms with Gasteiger partial charge in [0.05, 0.1) is 47.3 Å². The fourth-order valence-electron chi connectivity index (χ4n) is 4.38. The summed E-state index contributed by atoms with van der Waals surface area (Å²) in [6.07, 6.45) is 1.53. The Morgan fingerprint density at radius 1 is 1.09 bits per heavy atom. The summed E-state index contributed by atoms with van der Waals surface area (Å²) < 4.78 is 5.50. The molecule has 0 spiro atoms. The van der Waals surface area contributed by atoms with Crippen molar-refractivity contribution in [1.29, 1.82) is 5.26 Å². The Hall–Kier alpha value is -2.86. The summed E-state index contributed by atoms with van der Waals surface area (Å²) in [7, 11) is 0. The van der Waals surface area contributed by atoms with Crippen molar-refractivity contribution in [3.05, 3.63) is 87.7 Å². The van der Waals surface area contributed by atoms with Crippen LogP contribution in [0.2, 0.25) is 10.0 Å². The number of nitriles is 1. The van der Waals surface area contributed by atoms with Crippen LogP contribution in [0.3, 0.4) is 0 Å². The zero-order chi connectivity index (χ0) is 24.8. The van der Waals surface area contributed by atoms with Crippen LogP contribution in [0.1, 0.15) is 28.9 Å². The monoisotopic (exact) mass is 512 g/mol. The first-order valence-electron chi connectivity index (χ1n) is 11.3. The Morgan fingerprint density at radius 3 is 2.51 bits per heavy atom. The third-order valence-corrected chi connectivity index (χ3v) is 6.68. The van der Waals surface area contributed by atoms with Crippen LogP contribution in [0.15, 0.2) is 60.8 Å². The van der Waals surface area contributed by atoms with Crippen molar-refractivity contribution in [2.24, 2.45) is 0 Å². The van der Waals surface area contributed by atoms with E-state index < -0.39 is 0 Å². The SMILES string of the molecule is N#Cc1ccc([C@@H](CO)N2CCN(c3ccc(OCCO)cc3Cl)[C@H](c3ccc(Cl)cc3)C2)nc1. The van der Waals surface area contributed by atoms with Gasteiger partial charge in [-0.15, -0.1) is 0 Å². The van der Waals surface area contributed by atoms with E-state index in [1.54, 1.807) is 18.2 Å². The van der Waals surface area contributed by atoms with Gasteiger partial charge in [0.1, 0.15) is 18.4 Å². The van der Waals surface area contributed by atoms with Crippen LogP contribution in [0.4, 0.5) is 5.69 Å². The fraction of sp³-hybridized carbons (Fsp3) is 0.308. The molecule has 4 rings (SSSR count). The summed E-state index contributed by atoms with van der Waals surface area (Å²) in [4.78, 5) is 8.88. The third kappa shape index (κ3) is 5.87. The van der Waals surface area contributed by atoms with Gasteiger partial charge in [-0.3, -0.25) is 9.88 Å². The largest absolute Gasteiger partial charge is 0.491 e. The van der Waals surface area contributed by atoms with Crippen molar-refractivity contribution < 1.29 is 14.9 Å². The molecular weight excluding hydrogens is 487 g/mol. The molecule has 0 bridgehead atoms. The van der Waals surface area contributed by atoms with E-state index >= 15 is 0 Å². The lowest BCUT2D eigenvalue weighted by Crippen LogP contribution is -2.50. The second kappa shape index (κ2) is 11.7. The lowest BCUT2D eigenvalue weighted by molar-refractivity contribution is 0.100. The van der Waals surface area contributed by atoms with E-state index in [-0.39, 0.29) is 31.9 Å². The first kappa shape index (κ1) is 25.2. The van der Waals surface area contributed by atoms with Gasteiger partial charge in [0.2, 0.25) is 0 Å². The minimum absolute atomic E-state index is 0.0600. The van der Waals surface area contributed by atoms with Crippen LogP contribution in [0.25, 0.3) is 0 Å². The van der Waals surface area contributed by atoms with Crippen LogP contribution < -0.4 is 9.64 Å². The van der Waals surface area contributed by atoms with Crippen LogP contribution in [-0.4, -0.2) is 59.6 Å². The minimum Gasteiger partial charge on any atom is -0.491 e. The lowest BCUT2D eigenvalue weighted by atomic mass is 9.99. The number of hydrogen-bond acceptors (Lipinski definition) is 7. The van der Waals surface area contributed by atoms with Crippen molar-refractivity contribution in [1.82, 2.24) is 9.88 Å². The smallest absolute Gasteiger partial charge is 0.121 e. The molecule has 3 aromatic rings. The van der Waals surface area contributed by atoms with Gasteiger partial charge >= 0.3 is 0 Å². The Bertz CT molecular complexity index is 1170. The minimum atomic E-state index is -0.301. The van der Waals surface area contributed by atoms with Crippen LogP contribution in [0, 0.1) is 11.3 Å². The van der Waals surface area contributed by atoms with Gasteiger partial charge in [0, 0.05) is 36.9 Å². The summed E-state index contributed by atoms with van der Waals surface area (Å²) in [6, 6.07) is 18.5. The normalized spacial score (nSPS) is 17.1. The van der Waals surface area contributed by atoms with Crippen molar-refractivity contribution in [2.45, 2.75) is 12.1 Å². The second-order valence-corrected chi connectivity index (χ2v) is 9.07. The van der Waals surface area contributed by atoms with Gasteiger partial charge in [-0.05, 0) is 42.0 Å². The Kier molecular flexibility index (Phi) is 8.45. The highest BCUT2D eigenvalue weighted by Crippen LogP contribution is 2.38. The number of halogens is 2. The van der Waals surface area contributed by atoms with Crippen LogP contribution in [0.5, 0.6) is 5.75 Å². The fourth-order valence-corrected chi connectivity index (χ4v) is 4.79. The molecule has 1 aliphatic heterocycles. The van der Waals surface area contributed by atoms with E-state index in [1.165, 1.54) is 6.20 Å². The van der Waals surface area contributed by atoms with E-state index in [1.807, 2.05) is 36.4 Å². The summed E-state index contributed by atoms with van der Waals surface area (Å²) in [5.41, 5.74) is 3.15. The molecule has 9 heteroatoms. The van der Waals surface area contributed by atoms with Gasteiger partial charge < -0.3 is 19.8 Å². The molecule has 2 heterocycles. The highest BCUT2D eigenvalue weighted by atomic mass is 35.5. The van der Waals surface area contributed by atoms with E-state index in [0.717, 1.165) is 16.9 Å². The average molecular weight is 513 g/mol. The topological polar surface area (TPSA) is 92.9 Å². The summed E-state index contributed by atoms with van der Waals surface area (Å²) in [5, 5.41) is 29.6. The van der Waals surface area contributed by atoms with E-state index in [9.17, 15) is 5.11 Å². The Balaban J connectivity index is 1.64. The number of aliphatic hydroxyl groups is 2. The number of piperazine rings is 1. The standard InChI is InChI=1S/C26H26Cl2N4O3/c27-20-4-2-19(3-5-20)25-16-31(26(17-34)23-7-1-18(14-29)15-30-23)9-10-32(25)24-8-6-21(13-22(24)28)35-12-11-33/h1-8,13,15,25-26,33-34H,9-12,16-17H2/t25-,26+/m0/s1. The van der Waals surface area contributed by atoms with Crippen molar-refractivity contribution >= 4 is 28.9 Å². The molecule has 0 saturated carbocycles. The number of hydrogen-bond donors (Lipinski definition) is 2. The summed E-state index contributed by atoms with van der Waals surface area (Å²) >= 11 is 12.8. The number of benzene rings is 2. The van der Waals surface area contributed by atoms with Crippen molar-refractivity contribution in [2.75, 3.05) is 44.4 Å². The molecule has 35 heavy (non-hydrogen) atoms. The molecule has 2 atom stereocenters. The Morgan fingerprint density at radius 2 is 1.89 bits per heavy atom. The maximum absolute atomic E-state index is 10.2. The van der Waals surface area contributed by atoms with E-state index in [4.69, 9.17) is 38.3 Å². The predicted molar refractivity (Wildman–Crippen MR) is 136 cm³/mol. The summed E-state index contributed by atoms with van der Waals surface area (Å²) in [5.74, 6) is 0.599. The number of nitrogens with zero attached hydrogens (tertiary/aromatic N) is 4. The molecule has 1 fully saturated rings. The van der Waals surface area contributed by atoms with Crippen molar-refractivity contribution in [3.63, 3.8) is 0 Å². The molecule has 2 aromatic carbocycles. The molecule has 0 amide bonds. The number of aliphatic hydroxyl groups excluding tert-OH is 2. The zero-order valence-electron chi connectivity index (χ0n) is 19.0. The van der Waals surface area contributed by atoms with Gasteiger partial charge in [-0.2, -0.15) is 5.26 Å². The predicted octanol–water partition coefficient (Wildman–Crippen LogP) is 4.23. The van der Waals surface area contributed by atoms with E-state index in [2.05, 4.69) is 20.9 Å². The lowest BCUT2D eigenvalue weighted by Gasteiger charge is -2.45. The van der Waals surface area contributed by atoms with Gasteiger partial charge in [-0.1, -0.05) is 35.3 Å². The summed E-state index contributed by atoms with van der Waals surface area (Å²) in [6.45, 7) is 2.00. The highest BCUT2D eigenvalue weighted by Gasteiger charge is 2.33. The molecule has 1 aromatic heterocycles. The van der Waals surface area contributed by atoms with Gasteiger partial charge in [-0.25, -0.2) is 0 Å². The second-order valence-electron chi connectivity index (χ2n) is 8.22. The maximum Gasteiger partial charge on any atom is 0.121 e. The highest BCUT2D eigenvalue weighted by molar-refractivity contribution is 6.33. The average Bonchev–Trinajstić information content (AvgIpc) is 2.89. The number of rotatable bonds is 8. The number of anilines is 1. The van der Waals surface area contributed by atoms with E-state index in [0.29, 0.717) is 41.0 Å². The number of pyridine rings is 1. The molecular formula is C26H26Cl2N4O3. The number of ether oxygens (including phenoxy) is 1. The molecule has 2 N–H and O–H groups in total. The Labute approximate surface area is 214 Å². The van der Waals surface area contributed by atoms with Gasteiger partial charge in [0.15, 0.2) is 0 Å². The first-order chi connectivity index (χ1) is 17.0. The third-order valence-electron chi connectivity index (χ3n) is 6.13. The molecule has 7 nitrogen and oxygen atoms in total. The first-order valence-corrected chi connectivity index (χ1v) is 12.1. The molecule has 0 radical (unpaired) electrons. The molecule has 0 aliphatic carbocycles. The molecule has 0 unspecified atom stereocenters. The van der Waals surface area contributed by atoms with Gasteiger partial charge in [0.25, 0.3) is 0 Å². The maximum atomic E-state index is 10.2. The molecule has 182 valence electrons. The molecule has 1 saturated heterocycles. The van der Waals surface area contributed by atoms with Crippen LogP contribution >= 0.6 is 23.2 Å². The quantitative estimate of drug-likeness (QED) is 0.466. The van der Waals surface area contributed by atoms with Crippen LogP contribution in [-0.2, 0) is 0 Å². The number of aromatic nitrogens is 1. The zero-order valence-corrected chi connectivity index (χ0v) is 20.5. The van der Waals surface area contributed by atoms with Crippen molar-refractivity contribution in [3.8, 4) is 11.8 Å². The molecule has 1 aliphatic rings.